The molecule has 106 valence electrons. The van der Waals surface area contributed by atoms with E-state index in [1.165, 1.54) is 0 Å². The van der Waals surface area contributed by atoms with Crippen molar-refractivity contribution in [1.29, 1.82) is 0 Å². The Balaban J connectivity index is 2.44. The Labute approximate surface area is 129 Å². The van der Waals surface area contributed by atoms with Crippen molar-refractivity contribution in [3.63, 3.8) is 0 Å². The Bertz CT molecular complexity index is 629. The maximum absolute atomic E-state index is 11.8. The standard InChI is InChI=1S/C16H17Cl2NO/c1-10-8-15(16(20)9-17)12(3)19(10)11(2)13-4-6-14(18)7-5-13/h4-8,11H,9H2,1-3H3. The summed E-state index contributed by atoms with van der Waals surface area (Å²) in [5.41, 5.74) is 3.87. The van der Waals surface area contributed by atoms with E-state index in [1.807, 2.05) is 44.2 Å². The Kier molecular flexibility index (Phi) is 4.56. The molecule has 0 aliphatic rings. The van der Waals surface area contributed by atoms with Crippen molar-refractivity contribution in [2.75, 3.05) is 5.88 Å². The van der Waals surface area contributed by atoms with Crippen molar-refractivity contribution in [3.8, 4) is 0 Å². The summed E-state index contributed by atoms with van der Waals surface area (Å²) in [6, 6.07) is 9.83. The first-order chi connectivity index (χ1) is 9.45. The second-order valence-corrected chi connectivity index (χ2v) is 5.64. The van der Waals surface area contributed by atoms with Crippen LogP contribution in [-0.4, -0.2) is 16.2 Å². The van der Waals surface area contributed by atoms with E-state index in [0.717, 1.165) is 22.0 Å². The highest BCUT2D eigenvalue weighted by Gasteiger charge is 2.18. The first-order valence-electron chi connectivity index (χ1n) is 6.48. The molecule has 20 heavy (non-hydrogen) atoms. The van der Waals surface area contributed by atoms with Gasteiger partial charge in [-0.05, 0) is 44.5 Å². The van der Waals surface area contributed by atoms with Gasteiger partial charge >= 0.3 is 0 Å². The van der Waals surface area contributed by atoms with Gasteiger partial charge in [-0.1, -0.05) is 23.7 Å². The molecule has 0 aliphatic heterocycles. The van der Waals surface area contributed by atoms with Gasteiger partial charge in [-0.3, -0.25) is 4.79 Å². The van der Waals surface area contributed by atoms with Crippen LogP contribution < -0.4 is 0 Å². The Morgan fingerprint density at radius 3 is 2.40 bits per heavy atom. The highest BCUT2D eigenvalue weighted by Crippen LogP contribution is 2.26. The summed E-state index contributed by atoms with van der Waals surface area (Å²) in [6.07, 6.45) is 0. The molecule has 0 fully saturated rings. The number of aromatic nitrogens is 1. The highest BCUT2D eigenvalue weighted by molar-refractivity contribution is 6.31. The summed E-state index contributed by atoms with van der Waals surface area (Å²) in [4.78, 5) is 11.8. The number of Topliss-reactive ketones (excluding diaryl/α,β-unsaturated/α-hetero) is 1. The molecule has 1 atom stereocenters. The SMILES string of the molecule is Cc1cc(C(=O)CCl)c(C)n1C(C)c1ccc(Cl)cc1. The number of aryl methyl sites for hydroxylation is 1. The lowest BCUT2D eigenvalue weighted by Gasteiger charge is -2.19. The molecule has 0 saturated carbocycles. The Morgan fingerprint density at radius 2 is 1.85 bits per heavy atom. The molecule has 0 bridgehead atoms. The van der Waals surface area contributed by atoms with Crippen LogP contribution in [0.3, 0.4) is 0 Å². The average molecular weight is 310 g/mol. The van der Waals surface area contributed by atoms with Crippen molar-refractivity contribution in [3.05, 3.63) is 57.9 Å². The van der Waals surface area contributed by atoms with Crippen molar-refractivity contribution < 1.29 is 4.79 Å². The third kappa shape index (κ3) is 2.77. The van der Waals surface area contributed by atoms with Gasteiger partial charge in [-0.2, -0.15) is 0 Å². The molecule has 2 aromatic rings. The summed E-state index contributed by atoms with van der Waals surface area (Å²) in [7, 11) is 0. The number of carbonyl (C=O) groups is 1. The van der Waals surface area contributed by atoms with Crippen LogP contribution in [0.5, 0.6) is 0 Å². The van der Waals surface area contributed by atoms with Crippen LogP contribution in [0, 0.1) is 13.8 Å². The van der Waals surface area contributed by atoms with Gasteiger partial charge in [-0.25, -0.2) is 0 Å². The van der Waals surface area contributed by atoms with Gasteiger partial charge in [0.2, 0.25) is 0 Å². The van der Waals surface area contributed by atoms with Gasteiger partial charge < -0.3 is 4.57 Å². The van der Waals surface area contributed by atoms with E-state index in [0.29, 0.717) is 5.56 Å². The number of ketones is 1. The average Bonchev–Trinajstić information content (AvgIpc) is 2.73. The summed E-state index contributed by atoms with van der Waals surface area (Å²) in [5.74, 6) is -0.0195. The molecule has 1 unspecified atom stereocenters. The maximum atomic E-state index is 11.8. The first-order valence-corrected chi connectivity index (χ1v) is 7.40. The molecule has 0 saturated heterocycles. The molecular formula is C16H17Cl2NO. The van der Waals surface area contributed by atoms with Crippen molar-refractivity contribution in [2.45, 2.75) is 26.8 Å². The molecule has 1 aromatic heterocycles. The fourth-order valence-corrected chi connectivity index (χ4v) is 2.89. The monoisotopic (exact) mass is 309 g/mol. The third-order valence-electron chi connectivity index (χ3n) is 3.65. The molecule has 2 rings (SSSR count). The molecule has 4 heteroatoms. The number of halogens is 2. The number of nitrogens with zero attached hydrogens (tertiary/aromatic N) is 1. The predicted molar refractivity (Wildman–Crippen MR) is 84.2 cm³/mol. The van der Waals surface area contributed by atoms with E-state index < -0.39 is 0 Å². The van der Waals surface area contributed by atoms with Gasteiger partial charge in [0.25, 0.3) is 0 Å². The zero-order chi connectivity index (χ0) is 14.9. The number of carbonyl (C=O) groups excluding carboxylic acids is 1. The summed E-state index contributed by atoms with van der Waals surface area (Å²) < 4.78 is 2.16. The Morgan fingerprint density at radius 1 is 1.25 bits per heavy atom. The van der Waals surface area contributed by atoms with Crippen molar-refractivity contribution in [2.24, 2.45) is 0 Å². The quantitative estimate of drug-likeness (QED) is 0.588. The van der Waals surface area contributed by atoms with Gasteiger partial charge in [0, 0.05) is 22.0 Å². The fourth-order valence-electron chi connectivity index (χ4n) is 2.62. The van der Waals surface area contributed by atoms with Crippen LogP contribution in [0.2, 0.25) is 5.02 Å². The van der Waals surface area contributed by atoms with Crippen LogP contribution in [0.1, 0.15) is 40.3 Å². The van der Waals surface area contributed by atoms with Crippen LogP contribution >= 0.6 is 23.2 Å². The molecular weight excluding hydrogens is 293 g/mol. The van der Waals surface area contributed by atoms with Gasteiger partial charge in [0.1, 0.15) is 0 Å². The predicted octanol–water partition coefficient (Wildman–Crippen LogP) is 4.79. The summed E-state index contributed by atoms with van der Waals surface area (Å²) >= 11 is 11.6. The van der Waals surface area contributed by atoms with Crippen LogP contribution in [0.4, 0.5) is 0 Å². The fraction of sp³-hybridized carbons (Fsp3) is 0.312. The van der Waals surface area contributed by atoms with Crippen LogP contribution in [0.25, 0.3) is 0 Å². The van der Waals surface area contributed by atoms with E-state index >= 15 is 0 Å². The smallest absolute Gasteiger partial charge is 0.179 e. The van der Waals surface area contributed by atoms with E-state index in [4.69, 9.17) is 23.2 Å². The topological polar surface area (TPSA) is 22.0 Å². The normalized spacial score (nSPS) is 12.4. The summed E-state index contributed by atoms with van der Waals surface area (Å²) in [6.45, 7) is 6.07. The van der Waals surface area contributed by atoms with E-state index in [1.54, 1.807) is 0 Å². The van der Waals surface area contributed by atoms with Gasteiger partial charge in [0.15, 0.2) is 5.78 Å². The first kappa shape index (κ1) is 15.1. The second kappa shape index (κ2) is 6.02. The molecule has 2 nitrogen and oxygen atoms in total. The Hall–Kier alpha value is -1.25. The van der Waals surface area contributed by atoms with Crippen molar-refractivity contribution >= 4 is 29.0 Å². The minimum atomic E-state index is -0.0330. The number of hydrogen-bond donors (Lipinski definition) is 0. The largest absolute Gasteiger partial charge is 0.341 e. The highest BCUT2D eigenvalue weighted by atomic mass is 35.5. The molecule has 1 heterocycles. The minimum Gasteiger partial charge on any atom is -0.341 e. The molecule has 0 amide bonds. The summed E-state index contributed by atoms with van der Waals surface area (Å²) in [5, 5.41) is 0.722. The number of rotatable bonds is 4. The van der Waals surface area contributed by atoms with E-state index in [2.05, 4.69) is 11.5 Å². The minimum absolute atomic E-state index is 0.0135. The molecule has 1 aromatic carbocycles. The third-order valence-corrected chi connectivity index (χ3v) is 4.14. The second-order valence-electron chi connectivity index (χ2n) is 4.94. The number of alkyl halides is 1. The zero-order valence-electron chi connectivity index (χ0n) is 11.8. The van der Waals surface area contributed by atoms with E-state index in [9.17, 15) is 4.79 Å². The van der Waals surface area contributed by atoms with Gasteiger partial charge in [0.05, 0.1) is 11.9 Å². The van der Waals surface area contributed by atoms with E-state index in [-0.39, 0.29) is 17.7 Å². The van der Waals surface area contributed by atoms with Crippen LogP contribution in [0.15, 0.2) is 30.3 Å². The van der Waals surface area contributed by atoms with Crippen molar-refractivity contribution in [1.82, 2.24) is 4.57 Å². The zero-order valence-corrected chi connectivity index (χ0v) is 13.3. The molecule has 0 spiro atoms. The molecule has 0 N–H and O–H groups in total. The molecule has 0 radical (unpaired) electrons. The van der Waals surface area contributed by atoms with Gasteiger partial charge in [-0.15, -0.1) is 11.6 Å². The lowest BCUT2D eigenvalue weighted by atomic mass is 10.1. The lowest BCUT2D eigenvalue weighted by Crippen LogP contribution is -2.11. The lowest BCUT2D eigenvalue weighted by molar-refractivity contribution is 0.102. The number of hydrogen-bond acceptors (Lipinski definition) is 1. The molecule has 0 aliphatic carbocycles. The maximum Gasteiger partial charge on any atom is 0.179 e. The number of benzene rings is 1. The van der Waals surface area contributed by atoms with Crippen LogP contribution in [-0.2, 0) is 0 Å².